The van der Waals surface area contributed by atoms with Gasteiger partial charge in [0.1, 0.15) is 0 Å². The van der Waals surface area contributed by atoms with E-state index in [-0.39, 0.29) is 0 Å². The van der Waals surface area contributed by atoms with Gasteiger partial charge in [0.25, 0.3) is 0 Å². The Morgan fingerprint density at radius 1 is 0.261 bits per heavy atom. The quantitative estimate of drug-likeness (QED) is 0.163. The molecule has 0 saturated heterocycles. The van der Waals surface area contributed by atoms with E-state index in [1.807, 2.05) is 0 Å². The van der Waals surface area contributed by atoms with Crippen molar-refractivity contribution in [1.29, 1.82) is 0 Å². The molecule has 4 heteroatoms. The molecule has 0 aliphatic heterocycles. The van der Waals surface area contributed by atoms with Gasteiger partial charge in [-0.3, -0.25) is 0 Å². The van der Waals surface area contributed by atoms with E-state index in [2.05, 4.69) is 191 Å². The van der Waals surface area contributed by atoms with Crippen molar-refractivity contribution in [2.24, 2.45) is 0 Å². The van der Waals surface area contributed by atoms with Crippen LogP contribution in [0.5, 0.6) is 0 Å². The molecule has 0 atom stereocenters. The fourth-order valence-electron chi connectivity index (χ4n) is 6.86. The van der Waals surface area contributed by atoms with Gasteiger partial charge in [-0.05, 0) is 24.3 Å². The maximum Gasteiger partial charge on any atom is 0.0598 e. The van der Waals surface area contributed by atoms with E-state index in [4.69, 9.17) is 0 Å². The highest BCUT2D eigenvalue weighted by molar-refractivity contribution is 7.72. The summed E-state index contributed by atoms with van der Waals surface area (Å²) in [4.78, 5) is 0. The van der Waals surface area contributed by atoms with Crippen molar-refractivity contribution in [2.45, 2.75) is 0 Å². The summed E-state index contributed by atoms with van der Waals surface area (Å²) in [6, 6.07) is 67.0. The predicted molar refractivity (Wildman–Crippen MR) is 201 cm³/mol. The van der Waals surface area contributed by atoms with Crippen molar-refractivity contribution >= 4 is 81.0 Å². The Bertz CT molecular complexity index is 2210. The number of aromatic nitrogens is 2. The zero-order chi connectivity index (χ0) is 30.5. The Morgan fingerprint density at radius 2 is 0.543 bits per heavy atom. The topological polar surface area (TPSA) is 9.86 Å². The van der Waals surface area contributed by atoms with Crippen LogP contribution in [-0.4, -0.2) is 8.68 Å². The first kappa shape index (κ1) is 27.3. The first-order valence-corrected chi connectivity index (χ1v) is 18.2. The second-order valence-corrected chi connectivity index (χ2v) is 15.6. The summed E-state index contributed by atoms with van der Waals surface area (Å²) in [7, 11) is -1.74. The molecule has 0 aliphatic carbocycles. The minimum absolute atomic E-state index is 0.871. The third-order valence-electron chi connectivity index (χ3n) is 8.82. The van der Waals surface area contributed by atoms with E-state index in [0.717, 1.165) is 0 Å². The molecule has 0 bridgehead atoms. The molecule has 0 saturated carbocycles. The maximum absolute atomic E-state index is 2.63. The molecule has 46 heavy (non-hydrogen) atoms. The number of para-hydroxylation sites is 2. The number of rotatable bonds is 6. The zero-order valence-electron chi connectivity index (χ0n) is 25.1. The second kappa shape index (κ2) is 11.4. The Hall–Kier alpha value is -5.00. The number of fused-ring (bicyclic) bond motifs is 6. The zero-order valence-corrected chi connectivity index (χ0v) is 26.9. The van der Waals surface area contributed by atoms with E-state index >= 15 is 0 Å². The summed E-state index contributed by atoms with van der Waals surface area (Å²) < 4.78 is 5.26. The van der Waals surface area contributed by atoms with Crippen LogP contribution in [0.2, 0.25) is 0 Å². The molecule has 2 heterocycles. The molecule has 9 rings (SSSR count). The molecule has 0 spiro atoms. The van der Waals surface area contributed by atoms with E-state index in [0.29, 0.717) is 0 Å². The van der Waals surface area contributed by atoms with Crippen molar-refractivity contribution in [2.75, 3.05) is 0 Å². The third-order valence-corrected chi connectivity index (χ3v) is 13.6. The minimum Gasteiger partial charge on any atom is -0.310 e. The van der Waals surface area contributed by atoms with Crippen molar-refractivity contribution in [3.8, 4) is 0 Å². The van der Waals surface area contributed by atoms with Gasteiger partial charge in [-0.25, -0.2) is 0 Å². The fourth-order valence-corrected chi connectivity index (χ4v) is 11.7. The minimum atomic E-state index is -0.871. The van der Waals surface area contributed by atoms with Crippen molar-refractivity contribution in [3.63, 3.8) is 0 Å². The summed E-state index contributed by atoms with van der Waals surface area (Å²) in [5, 5.41) is 10.5. The molecule has 0 unspecified atom stereocenters. The van der Waals surface area contributed by atoms with Crippen molar-refractivity contribution in [3.05, 3.63) is 182 Å². The fraction of sp³-hybridized carbons (Fsp3) is 0. The second-order valence-electron chi connectivity index (χ2n) is 11.5. The lowest BCUT2D eigenvalue weighted by molar-refractivity contribution is 1.39. The Labute approximate surface area is 270 Å². The molecule has 0 fully saturated rings. The lowest BCUT2D eigenvalue weighted by Gasteiger charge is -2.23. The molecule has 218 valence electrons. The summed E-state index contributed by atoms with van der Waals surface area (Å²) in [5.41, 5.74) is 5.10. The third kappa shape index (κ3) is 4.41. The predicted octanol–water partition coefficient (Wildman–Crippen LogP) is 9.69. The van der Waals surface area contributed by atoms with Crippen LogP contribution in [0.1, 0.15) is 0 Å². The van der Waals surface area contributed by atoms with E-state index < -0.39 is 16.1 Å². The Balaban J connectivity index is 1.42. The van der Waals surface area contributed by atoms with Crippen LogP contribution in [0.3, 0.4) is 0 Å². The molecule has 2 aromatic heterocycles. The summed E-state index contributed by atoms with van der Waals surface area (Å²) in [6.07, 6.45) is 0. The lowest BCUT2D eigenvalue weighted by atomic mass is 10.1. The highest BCUT2D eigenvalue weighted by atomic mass is 31.1. The van der Waals surface area contributed by atoms with Gasteiger partial charge in [-0.1, -0.05) is 158 Å². The van der Waals surface area contributed by atoms with Gasteiger partial charge in [0.15, 0.2) is 0 Å². The number of hydrogen-bond acceptors (Lipinski definition) is 0. The van der Waals surface area contributed by atoms with Crippen molar-refractivity contribution in [1.82, 2.24) is 8.68 Å². The number of nitrogens with zero attached hydrogens (tertiary/aromatic N) is 2. The van der Waals surface area contributed by atoms with E-state index in [9.17, 15) is 0 Å². The van der Waals surface area contributed by atoms with Gasteiger partial charge in [0.2, 0.25) is 0 Å². The van der Waals surface area contributed by atoms with Crippen LogP contribution in [0.15, 0.2) is 182 Å². The van der Waals surface area contributed by atoms with Gasteiger partial charge in [-0.15, -0.1) is 0 Å². The molecule has 0 amide bonds. The Kier molecular flexibility index (Phi) is 6.78. The van der Waals surface area contributed by atoms with Gasteiger partial charge >= 0.3 is 0 Å². The lowest BCUT2D eigenvalue weighted by Crippen LogP contribution is -2.17. The average Bonchev–Trinajstić information content (AvgIpc) is 3.62. The molecule has 0 N–H and O–H groups in total. The molecular formula is C42H30N2P2. The van der Waals surface area contributed by atoms with E-state index in [1.54, 1.807) is 0 Å². The van der Waals surface area contributed by atoms with Crippen LogP contribution in [0.4, 0.5) is 0 Å². The highest BCUT2D eigenvalue weighted by Crippen LogP contribution is 2.49. The first-order valence-electron chi connectivity index (χ1n) is 15.6. The van der Waals surface area contributed by atoms with Crippen LogP contribution < -0.4 is 21.2 Å². The summed E-state index contributed by atoms with van der Waals surface area (Å²) in [6.45, 7) is 0. The van der Waals surface area contributed by atoms with Gasteiger partial charge in [0, 0.05) is 42.8 Å². The normalized spacial score (nSPS) is 11.9. The standard InChI is InChI=1S/C42H30N2P2/c1-5-17-31(18-6-1)45(32-19-7-2-8-20-32)43-39-27-15-13-25-35(39)37-30-42-38(29-41(37)43)36-26-14-16-28-40(36)44(42)46(33-21-9-3-10-22-33)34-23-11-4-12-24-34/h1-30H. The molecular weight excluding hydrogens is 594 g/mol. The van der Waals surface area contributed by atoms with Crippen LogP contribution >= 0.6 is 16.1 Å². The van der Waals surface area contributed by atoms with Crippen LogP contribution in [0, 0.1) is 0 Å². The molecule has 0 radical (unpaired) electrons. The molecule has 0 aliphatic rings. The Morgan fingerprint density at radius 3 is 0.870 bits per heavy atom. The van der Waals surface area contributed by atoms with Gasteiger partial charge in [-0.2, -0.15) is 0 Å². The summed E-state index contributed by atoms with van der Waals surface area (Å²) in [5.74, 6) is 0. The average molecular weight is 625 g/mol. The smallest absolute Gasteiger partial charge is 0.0598 e. The SMILES string of the molecule is c1ccc(P(c2ccccc2)n2c3ccccc3c3cc4c(cc32)c2ccccc2n4P(c2ccccc2)c2ccccc2)cc1. The van der Waals surface area contributed by atoms with E-state index in [1.165, 1.54) is 64.8 Å². The van der Waals surface area contributed by atoms with Crippen molar-refractivity contribution < 1.29 is 0 Å². The molecule has 9 aromatic rings. The maximum atomic E-state index is 2.63. The molecule has 7 aromatic carbocycles. The highest BCUT2D eigenvalue weighted by Gasteiger charge is 2.26. The van der Waals surface area contributed by atoms with Gasteiger partial charge in [0.05, 0.1) is 38.2 Å². The first-order chi connectivity index (χ1) is 22.9. The van der Waals surface area contributed by atoms with Gasteiger partial charge < -0.3 is 8.68 Å². The van der Waals surface area contributed by atoms with Crippen LogP contribution in [-0.2, 0) is 0 Å². The summed E-state index contributed by atoms with van der Waals surface area (Å²) >= 11 is 0. The molecule has 2 nitrogen and oxygen atoms in total. The monoisotopic (exact) mass is 624 g/mol. The number of benzene rings is 7. The largest absolute Gasteiger partial charge is 0.310 e. The van der Waals surface area contributed by atoms with Crippen LogP contribution in [0.25, 0.3) is 43.6 Å². The number of hydrogen-bond donors (Lipinski definition) is 0.